The van der Waals surface area contributed by atoms with Crippen LogP contribution in [0.4, 0.5) is 5.82 Å². The Hall–Kier alpha value is -1.85. The fourth-order valence-electron chi connectivity index (χ4n) is 3.99. The molecule has 0 atom stereocenters. The largest absolute Gasteiger partial charge is 0.342 e. The molecule has 1 aromatic rings. The minimum atomic E-state index is -0.0223. The van der Waals surface area contributed by atoms with Crippen molar-refractivity contribution in [2.24, 2.45) is 11.8 Å². The highest BCUT2D eigenvalue weighted by Gasteiger charge is 2.29. The lowest BCUT2D eigenvalue weighted by molar-refractivity contribution is -0.137. The van der Waals surface area contributed by atoms with Gasteiger partial charge < -0.3 is 10.2 Å². The maximum absolute atomic E-state index is 12.7. The summed E-state index contributed by atoms with van der Waals surface area (Å²) in [7, 11) is 0. The first-order valence-corrected chi connectivity index (χ1v) is 9.69. The van der Waals surface area contributed by atoms with Crippen LogP contribution in [0, 0.1) is 11.8 Å². The molecule has 1 saturated heterocycles. The SMILES string of the molecule is CC(C)C(=O)N1CCC(C(=O)Nc2ccnn2C2CCCCC2)CC1. The van der Waals surface area contributed by atoms with Gasteiger partial charge in [-0.15, -0.1) is 0 Å². The van der Waals surface area contributed by atoms with Gasteiger partial charge in [-0.2, -0.15) is 5.10 Å². The van der Waals surface area contributed by atoms with Crippen molar-refractivity contribution in [3.63, 3.8) is 0 Å². The zero-order valence-corrected chi connectivity index (χ0v) is 15.4. The number of nitrogens with one attached hydrogen (secondary N) is 1. The van der Waals surface area contributed by atoms with Crippen LogP contribution in [0.1, 0.15) is 64.8 Å². The molecule has 25 heavy (non-hydrogen) atoms. The molecule has 0 spiro atoms. The van der Waals surface area contributed by atoms with Crippen molar-refractivity contribution >= 4 is 17.6 Å². The van der Waals surface area contributed by atoms with Crippen molar-refractivity contribution in [3.05, 3.63) is 12.3 Å². The number of hydrogen-bond donors (Lipinski definition) is 1. The highest BCUT2D eigenvalue weighted by Crippen LogP contribution is 2.30. The number of rotatable bonds is 4. The Balaban J connectivity index is 1.55. The van der Waals surface area contributed by atoms with Gasteiger partial charge in [0.25, 0.3) is 0 Å². The third-order valence-corrected chi connectivity index (χ3v) is 5.51. The monoisotopic (exact) mass is 346 g/mol. The number of likely N-dealkylation sites (tertiary alicyclic amines) is 1. The fraction of sp³-hybridized carbons (Fsp3) is 0.737. The molecule has 0 aromatic carbocycles. The van der Waals surface area contributed by atoms with Gasteiger partial charge in [0.2, 0.25) is 11.8 Å². The van der Waals surface area contributed by atoms with Crippen molar-refractivity contribution in [2.75, 3.05) is 18.4 Å². The first-order valence-electron chi connectivity index (χ1n) is 9.69. The van der Waals surface area contributed by atoms with E-state index in [0.29, 0.717) is 19.1 Å². The summed E-state index contributed by atoms with van der Waals surface area (Å²) in [5.74, 6) is 1.07. The highest BCUT2D eigenvalue weighted by atomic mass is 16.2. The molecular formula is C19H30N4O2. The molecule has 1 aliphatic carbocycles. The van der Waals surface area contributed by atoms with Gasteiger partial charge in [0, 0.05) is 31.0 Å². The third kappa shape index (κ3) is 4.22. The van der Waals surface area contributed by atoms with Crippen molar-refractivity contribution in [1.29, 1.82) is 0 Å². The molecule has 6 heteroatoms. The quantitative estimate of drug-likeness (QED) is 0.910. The van der Waals surface area contributed by atoms with Crippen molar-refractivity contribution in [2.45, 2.75) is 64.8 Å². The van der Waals surface area contributed by atoms with Crippen LogP contribution in [0.25, 0.3) is 0 Å². The van der Waals surface area contributed by atoms with Crippen LogP contribution in [0.3, 0.4) is 0 Å². The van der Waals surface area contributed by atoms with E-state index in [1.54, 1.807) is 6.20 Å². The van der Waals surface area contributed by atoms with Crippen molar-refractivity contribution in [3.8, 4) is 0 Å². The molecule has 2 fully saturated rings. The van der Waals surface area contributed by atoms with E-state index in [2.05, 4.69) is 10.4 Å². The van der Waals surface area contributed by atoms with Gasteiger partial charge in [0.05, 0.1) is 12.2 Å². The van der Waals surface area contributed by atoms with E-state index in [1.165, 1.54) is 19.3 Å². The van der Waals surface area contributed by atoms with Gasteiger partial charge in [0.15, 0.2) is 0 Å². The maximum Gasteiger partial charge on any atom is 0.228 e. The Kier molecular flexibility index (Phi) is 5.76. The van der Waals surface area contributed by atoms with Gasteiger partial charge in [0.1, 0.15) is 5.82 Å². The lowest BCUT2D eigenvalue weighted by Gasteiger charge is -2.32. The van der Waals surface area contributed by atoms with E-state index < -0.39 is 0 Å². The van der Waals surface area contributed by atoms with E-state index >= 15 is 0 Å². The van der Waals surface area contributed by atoms with Crippen LogP contribution < -0.4 is 5.32 Å². The topological polar surface area (TPSA) is 67.2 Å². The minimum Gasteiger partial charge on any atom is -0.342 e. The van der Waals surface area contributed by atoms with Crippen LogP contribution in [0.15, 0.2) is 12.3 Å². The molecule has 0 bridgehead atoms. The smallest absolute Gasteiger partial charge is 0.228 e. The fourth-order valence-corrected chi connectivity index (χ4v) is 3.99. The number of piperidine rings is 1. The standard InChI is InChI=1S/C19H30N4O2/c1-14(2)19(25)22-12-9-15(10-13-22)18(24)21-17-8-11-20-23(17)16-6-4-3-5-7-16/h8,11,14-16H,3-7,9-10,12-13H2,1-2H3,(H,21,24). The number of hydrogen-bond acceptors (Lipinski definition) is 3. The number of carbonyl (C=O) groups excluding carboxylic acids is 2. The molecule has 138 valence electrons. The predicted octanol–water partition coefficient (Wildman–Crippen LogP) is 3.22. The number of anilines is 1. The van der Waals surface area contributed by atoms with E-state index in [-0.39, 0.29) is 23.7 Å². The molecule has 2 heterocycles. The van der Waals surface area contributed by atoms with Crippen LogP contribution in [-0.4, -0.2) is 39.6 Å². The van der Waals surface area contributed by atoms with E-state index in [1.807, 2.05) is 29.5 Å². The summed E-state index contributed by atoms with van der Waals surface area (Å²) in [5, 5.41) is 7.52. The summed E-state index contributed by atoms with van der Waals surface area (Å²) in [6, 6.07) is 2.30. The number of carbonyl (C=O) groups is 2. The molecular weight excluding hydrogens is 316 g/mol. The minimum absolute atomic E-state index is 0.0223. The van der Waals surface area contributed by atoms with Crippen LogP contribution in [-0.2, 0) is 9.59 Å². The van der Waals surface area contributed by atoms with E-state index in [9.17, 15) is 9.59 Å². The molecule has 1 aliphatic heterocycles. The highest BCUT2D eigenvalue weighted by molar-refractivity contribution is 5.92. The molecule has 2 aliphatic rings. The van der Waals surface area contributed by atoms with Crippen LogP contribution in [0.5, 0.6) is 0 Å². The van der Waals surface area contributed by atoms with Gasteiger partial charge in [-0.25, -0.2) is 4.68 Å². The van der Waals surface area contributed by atoms with Gasteiger partial charge in [-0.1, -0.05) is 33.1 Å². The summed E-state index contributed by atoms with van der Waals surface area (Å²) < 4.78 is 1.99. The normalized spacial score (nSPS) is 20.0. The van der Waals surface area contributed by atoms with Crippen molar-refractivity contribution < 1.29 is 9.59 Å². The molecule has 3 rings (SSSR count). The van der Waals surface area contributed by atoms with Gasteiger partial charge >= 0.3 is 0 Å². The summed E-state index contributed by atoms with van der Waals surface area (Å²) >= 11 is 0. The molecule has 0 unspecified atom stereocenters. The van der Waals surface area contributed by atoms with Crippen LogP contribution in [0.2, 0.25) is 0 Å². The Bertz CT molecular complexity index is 596. The summed E-state index contributed by atoms with van der Waals surface area (Å²) in [4.78, 5) is 26.6. The molecule has 1 aromatic heterocycles. The summed E-state index contributed by atoms with van der Waals surface area (Å²) in [5.41, 5.74) is 0. The molecule has 1 saturated carbocycles. The third-order valence-electron chi connectivity index (χ3n) is 5.51. The van der Waals surface area contributed by atoms with Crippen molar-refractivity contribution in [1.82, 2.24) is 14.7 Å². The molecule has 1 N–H and O–H groups in total. The number of nitrogens with zero attached hydrogens (tertiary/aromatic N) is 3. The summed E-state index contributed by atoms with van der Waals surface area (Å²) in [6.45, 7) is 5.20. The molecule has 6 nitrogen and oxygen atoms in total. The Morgan fingerprint density at radius 2 is 1.80 bits per heavy atom. The predicted molar refractivity (Wildman–Crippen MR) is 97.1 cm³/mol. The van der Waals surface area contributed by atoms with E-state index in [4.69, 9.17) is 0 Å². The van der Waals surface area contributed by atoms with Gasteiger partial charge in [-0.3, -0.25) is 9.59 Å². The second-order valence-electron chi connectivity index (χ2n) is 7.70. The summed E-state index contributed by atoms with van der Waals surface area (Å²) in [6.07, 6.45) is 9.30. The second kappa shape index (κ2) is 8.02. The maximum atomic E-state index is 12.7. The van der Waals surface area contributed by atoms with Crippen LogP contribution >= 0.6 is 0 Å². The number of aromatic nitrogens is 2. The van der Waals surface area contributed by atoms with Gasteiger partial charge in [-0.05, 0) is 25.7 Å². The first kappa shape index (κ1) is 18.0. The zero-order chi connectivity index (χ0) is 17.8. The lowest BCUT2D eigenvalue weighted by Crippen LogP contribution is -2.43. The Labute approximate surface area is 149 Å². The Morgan fingerprint density at radius 1 is 1.12 bits per heavy atom. The number of amides is 2. The lowest BCUT2D eigenvalue weighted by atomic mass is 9.95. The Morgan fingerprint density at radius 3 is 2.44 bits per heavy atom. The molecule has 2 amide bonds. The second-order valence-corrected chi connectivity index (χ2v) is 7.70. The average Bonchev–Trinajstić information content (AvgIpc) is 3.10. The first-order chi connectivity index (χ1) is 12.1. The average molecular weight is 346 g/mol. The molecule has 0 radical (unpaired) electrons. The van der Waals surface area contributed by atoms with E-state index in [0.717, 1.165) is 31.5 Å². The zero-order valence-electron chi connectivity index (χ0n) is 15.4.